The number of nitrogens with one attached hydrogen (secondary N) is 1. The summed E-state index contributed by atoms with van der Waals surface area (Å²) in [5, 5.41) is 21.5. The van der Waals surface area contributed by atoms with Gasteiger partial charge in [0.15, 0.2) is 11.5 Å². The maximum atomic E-state index is 12.1. The van der Waals surface area contributed by atoms with Crippen molar-refractivity contribution in [1.29, 1.82) is 0 Å². The monoisotopic (exact) mass is 343 g/mol. The predicted molar refractivity (Wildman–Crippen MR) is 92.8 cm³/mol. The zero-order valence-corrected chi connectivity index (χ0v) is 14.2. The van der Waals surface area contributed by atoms with Crippen molar-refractivity contribution < 1.29 is 24.5 Å². The molecule has 0 spiro atoms. The first-order valence-corrected chi connectivity index (χ1v) is 7.82. The van der Waals surface area contributed by atoms with Crippen molar-refractivity contribution in [3.05, 3.63) is 59.2 Å². The van der Waals surface area contributed by atoms with Gasteiger partial charge >= 0.3 is 5.97 Å². The van der Waals surface area contributed by atoms with Gasteiger partial charge in [0.05, 0.1) is 13.5 Å². The van der Waals surface area contributed by atoms with Crippen LogP contribution in [-0.2, 0) is 22.4 Å². The topological polar surface area (TPSA) is 95.9 Å². The minimum absolute atomic E-state index is 0.0264. The third-order valence-corrected chi connectivity index (χ3v) is 3.80. The molecular weight excluding hydrogens is 322 g/mol. The van der Waals surface area contributed by atoms with Crippen LogP contribution in [0.15, 0.2) is 42.5 Å². The number of carboxylic acid groups (broad SMARTS) is 1. The van der Waals surface area contributed by atoms with Crippen LogP contribution in [0.5, 0.6) is 11.5 Å². The van der Waals surface area contributed by atoms with Crippen LogP contribution in [0.2, 0.25) is 0 Å². The first kappa shape index (κ1) is 18.3. The molecule has 132 valence electrons. The number of carbonyl (C=O) groups is 2. The van der Waals surface area contributed by atoms with Crippen LogP contribution in [0, 0.1) is 6.92 Å². The van der Waals surface area contributed by atoms with Crippen LogP contribution in [0.25, 0.3) is 0 Å². The molecule has 2 aromatic rings. The number of aliphatic carboxylic acids is 1. The molecule has 0 aliphatic rings. The molecule has 6 nitrogen and oxygen atoms in total. The Kier molecular flexibility index (Phi) is 6.00. The Labute approximate surface area is 146 Å². The van der Waals surface area contributed by atoms with Gasteiger partial charge < -0.3 is 20.3 Å². The van der Waals surface area contributed by atoms with Crippen LogP contribution in [-0.4, -0.2) is 35.2 Å². The van der Waals surface area contributed by atoms with Crippen LogP contribution < -0.4 is 10.1 Å². The first-order valence-electron chi connectivity index (χ1n) is 7.82. The van der Waals surface area contributed by atoms with E-state index in [9.17, 15) is 19.8 Å². The zero-order chi connectivity index (χ0) is 18.4. The Bertz CT molecular complexity index is 755. The van der Waals surface area contributed by atoms with Crippen molar-refractivity contribution in [1.82, 2.24) is 5.32 Å². The molecular formula is C19H21NO5. The number of ether oxygens (including phenoxy) is 1. The van der Waals surface area contributed by atoms with Crippen molar-refractivity contribution in [3.8, 4) is 11.5 Å². The normalized spacial score (nSPS) is 11.6. The lowest BCUT2D eigenvalue weighted by Crippen LogP contribution is -2.43. The Morgan fingerprint density at radius 2 is 1.76 bits per heavy atom. The Hall–Kier alpha value is -3.02. The second-order valence-electron chi connectivity index (χ2n) is 5.83. The molecule has 6 heteroatoms. The summed E-state index contributed by atoms with van der Waals surface area (Å²) >= 11 is 0. The Balaban J connectivity index is 2.04. The summed E-state index contributed by atoms with van der Waals surface area (Å²) in [4.78, 5) is 23.6. The minimum atomic E-state index is -1.12. The maximum absolute atomic E-state index is 12.1. The van der Waals surface area contributed by atoms with E-state index >= 15 is 0 Å². The SMILES string of the molecule is COc1cc(CC(NC(=O)Cc2ccc(C)cc2)C(=O)O)ccc1O. The molecule has 1 amide bonds. The third kappa shape index (κ3) is 5.24. The number of hydrogen-bond donors (Lipinski definition) is 3. The van der Waals surface area contributed by atoms with Crippen molar-refractivity contribution in [2.24, 2.45) is 0 Å². The highest BCUT2D eigenvalue weighted by molar-refractivity contribution is 5.85. The lowest BCUT2D eigenvalue weighted by molar-refractivity contribution is -0.141. The molecule has 0 aliphatic carbocycles. The van der Waals surface area contributed by atoms with Gasteiger partial charge in [-0.05, 0) is 30.2 Å². The zero-order valence-electron chi connectivity index (χ0n) is 14.2. The van der Waals surface area contributed by atoms with E-state index in [1.54, 1.807) is 12.1 Å². The predicted octanol–water partition coefficient (Wildman–Crippen LogP) is 2.06. The van der Waals surface area contributed by atoms with Crippen LogP contribution in [0.3, 0.4) is 0 Å². The molecule has 1 unspecified atom stereocenters. The van der Waals surface area contributed by atoms with Crippen LogP contribution in [0.1, 0.15) is 16.7 Å². The van der Waals surface area contributed by atoms with E-state index in [-0.39, 0.29) is 30.2 Å². The molecule has 0 heterocycles. The summed E-state index contributed by atoms with van der Waals surface area (Å²) in [5.41, 5.74) is 2.55. The average Bonchev–Trinajstić information content (AvgIpc) is 2.57. The van der Waals surface area contributed by atoms with Crippen LogP contribution in [0.4, 0.5) is 0 Å². The third-order valence-electron chi connectivity index (χ3n) is 3.80. The smallest absolute Gasteiger partial charge is 0.326 e. The molecule has 2 aromatic carbocycles. The van der Waals surface area contributed by atoms with Gasteiger partial charge in [-0.25, -0.2) is 4.79 Å². The van der Waals surface area contributed by atoms with Crippen molar-refractivity contribution in [2.75, 3.05) is 7.11 Å². The second kappa shape index (κ2) is 8.19. The van der Waals surface area contributed by atoms with E-state index in [1.807, 2.05) is 31.2 Å². The van der Waals surface area contributed by atoms with Gasteiger partial charge in [-0.2, -0.15) is 0 Å². The molecule has 25 heavy (non-hydrogen) atoms. The van der Waals surface area contributed by atoms with Gasteiger partial charge in [-0.15, -0.1) is 0 Å². The van der Waals surface area contributed by atoms with Gasteiger partial charge in [-0.3, -0.25) is 4.79 Å². The molecule has 0 aromatic heterocycles. The van der Waals surface area contributed by atoms with Gasteiger partial charge in [0.25, 0.3) is 0 Å². The number of phenolic OH excluding ortho intramolecular Hbond substituents is 1. The van der Waals surface area contributed by atoms with E-state index < -0.39 is 12.0 Å². The Morgan fingerprint density at radius 1 is 1.12 bits per heavy atom. The van der Waals surface area contributed by atoms with Gasteiger partial charge in [0.2, 0.25) is 5.91 Å². The maximum Gasteiger partial charge on any atom is 0.326 e. The van der Waals surface area contributed by atoms with Crippen molar-refractivity contribution >= 4 is 11.9 Å². The number of aromatic hydroxyl groups is 1. The second-order valence-corrected chi connectivity index (χ2v) is 5.83. The average molecular weight is 343 g/mol. The summed E-state index contributed by atoms with van der Waals surface area (Å²) in [6.07, 6.45) is 0.203. The largest absolute Gasteiger partial charge is 0.504 e. The molecule has 0 aliphatic heterocycles. The number of methoxy groups -OCH3 is 1. The van der Waals surface area contributed by atoms with Gasteiger partial charge in [0, 0.05) is 6.42 Å². The van der Waals surface area contributed by atoms with Gasteiger partial charge in [0.1, 0.15) is 6.04 Å². The van der Waals surface area contributed by atoms with E-state index in [0.717, 1.165) is 11.1 Å². The number of benzene rings is 2. The molecule has 0 saturated carbocycles. The Morgan fingerprint density at radius 3 is 2.36 bits per heavy atom. The van der Waals surface area contributed by atoms with E-state index in [0.29, 0.717) is 5.56 Å². The number of amides is 1. The molecule has 0 saturated heterocycles. The number of hydrogen-bond acceptors (Lipinski definition) is 4. The lowest BCUT2D eigenvalue weighted by atomic mass is 10.0. The van der Waals surface area contributed by atoms with E-state index in [4.69, 9.17) is 4.74 Å². The van der Waals surface area contributed by atoms with E-state index in [2.05, 4.69) is 5.32 Å². The number of carboxylic acids is 1. The lowest BCUT2D eigenvalue weighted by Gasteiger charge is -2.15. The summed E-state index contributed by atoms with van der Waals surface area (Å²) in [6, 6.07) is 11.0. The molecule has 1 atom stereocenters. The quantitative estimate of drug-likeness (QED) is 0.715. The highest BCUT2D eigenvalue weighted by atomic mass is 16.5. The number of aryl methyl sites for hydroxylation is 1. The number of rotatable bonds is 7. The molecule has 0 radical (unpaired) electrons. The molecule has 3 N–H and O–H groups in total. The summed E-state index contributed by atoms with van der Waals surface area (Å²) in [6.45, 7) is 1.95. The fraction of sp³-hybridized carbons (Fsp3) is 0.263. The molecule has 0 bridgehead atoms. The van der Waals surface area contributed by atoms with Crippen molar-refractivity contribution in [2.45, 2.75) is 25.8 Å². The molecule has 0 fully saturated rings. The summed E-state index contributed by atoms with van der Waals surface area (Å²) in [7, 11) is 1.41. The van der Waals surface area contributed by atoms with Gasteiger partial charge in [-0.1, -0.05) is 35.9 Å². The van der Waals surface area contributed by atoms with Crippen molar-refractivity contribution in [3.63, 3.8) is 0 Å². The highest BCUT2D eigenvalue weighted by Gasteiger charge is 2.21. The summed E-state index contributed by atoms with van der Waals surface area (Å²) in [5.74, 6) is -1.25. The number of phenols is 1. The first-order chi connectivity index (χ1) is 11.9. The standard InChI is InChI=1S/C19H21NO5/c1-12-3-5-13(6-4-12)11-18(22)20-15(19(23)24)9-14-7-8-16(21)17(10-14)25-2/h3-8,10,15,21H,9,11H2,1-2H3,(H,20,22)(H,23,24). The van der Waals surface area contributed by atoms with Crippen LogP contribution >= 0.6 is 0 Å². The minimum Gasteiger partial charge on any atom is -0.504 e. The molecule has 2 rings (SSSR count). The fourth-order valence-electron chi connectivity index (χ4n) is 2.42. The summed E-state index contributed by atoms with van der Waals surface area (Å²) < 4.78 is 5.01. The number of carbonyl (C=O) groups excluding carboxylic acids is 1. The highest BCUT2D eigenvalue weighted by Crippen LogP contribution is 2.26. The fourth-order valence-corrected chi connectivity index (χ4v) is 2.42. The van der Waals surface area contributed by atoms with E-state index in [1.165, 1.54) is 13.2 Å².